The fourth-order valence-electron chi connectivity index (χ4n) is 3.18. The van der Waals surface area contributed by atoms with Crippen molar-refractivity contribution in [2.24, 2.45) is 0 Å². The van der Waals surface area contributed by atoms with Gasteiger partial charge in [-0.25, -0.2) is 0 Å². The maximum absolute atomic E-state index is 12.2. The first kappa shape index (κ1) is 23.4. The molecule has 0 saturated carbocycles. The predicted octanol–water partition coefficient (Wildman–Crippen LogP) is 5.33. The highest BCUT2D eigenvalue weighted by atomic mass is 16.5. The fraction of sp³-hybridized carbons (Fsp3) is 0.346. The van der Waals surface area contributed by atoms with Gasteiger partial charge in [-0.3, -0.25) is 4.79 Å². The average Bonchev–Trinajstić information content (AvgIpc) is 2.75. The van der Waals surface area contributed by atoms with Crippen LogP contribution >= 0.6 is 0 Å². The van der Waals surface area contributed by atoms with Crippen molar-refractivity contribution in [3.63, 3.8) is 0 Å². The number of methoxy groups -OCH3 is 1. The number of ether oxygens (including phenoxy) is 2. The van der Waals surface area contributed by atoms with E-state index in [4.69, 9.17) is 9.47 Å². The minimum absolute atomic E-state index is 0.0549. The Morgan fingerprint density at radius 2 is 1.43 bits per heavy atom. The molecule has 0 fully saturated rings. The van der Waals surface area contributed by atoms with Crippen molar-refractivity contribution in [1.82, 2.24) is 4.90 Å². The van der Waals surface area contributed by atoms with Gasteiger partial charge in [-0.2, -0.15) is 0 Å². The first-order valence-electron chi connectivity index (χ1n) is 10.5. The highest BCUT2D eigenvalue weighted by Crippen LogP contribution is 2.21. The maximum Gasteiger partial charge on any atom is 0.178 e. The summed E-state index contributed by atoms with van der Waals surface area (Å²) in [4.78, 5) is 14.5. The van der Waals surface area contributed by atoms with E-state index in [0.717, 1.165) is 53.4 Å². The summed E-state index contributed by atoms with van der Waals surface area (Å²) in [6.45, 7) is 12.0. The first-order valence-corrected chi connectivity index (χ1v) is 10.5. The molecule has 0 spiro atoms. The van der Waals surface area contributed by atoms with Gasteiger partial charge in [0.1, 0.15) is 18.1 Å². The van der Waals surface area contributed by atoms with Crippen LogP contribution in [0.4, 0.5) is 0 Å². The van der Waals surface area contributed by atoms with Gasteiger partial charge in [0.15, 0.2) is 5.78 Å². The molecule has 160 valence electrons. The molecule has 0 bridgehead atoms. The molecule has 2 rings (SSSR count). The summed E-state index contributed by atoms with van der Waals surface area (Å²) in [6.07, 6.45) is 6.81. The molecule has 0 N–H and O–H groups in total. The number of ketones is 1. The Balaban J connectivity index is 1.93. The molecule has 0 saturated heterocycles. The predicted molar refractivity (Wildman–Crippen MR) is 125 cm³/mol. The van der Waals surface area contributed by atoms with Gasteiger partial charge in [0, 0.05) is 6.54 Å². The third-order valence-electron chi connectivity index (χ3n) is 5.06. The van der Waals surface area contributed by atoms with Crippen molar-refractivity contribution in [3.8, 4) is 11.5 Å². The molecule has 2 aromatic rings. The minimum atomic E-state index is -0.0549. The smallest absolute Gasteiger partial charge is 0.178 e. The largest absolute Gasteiger partial charge is 0.496 e. The van der Waals surface area contributed by atoms with Crippen LogP contribution in [0.15, 0.2) is 48.6 Å². The van der Waals surface area contributed by atoms with E-state index in [2.05, 4.69) is 18.7 Å². The molecule has 4 heteroatoms. The molecule has 4 nitrogen and oxygen atoms in total. The molecule has 0 heterocycles. The fourth-order valence-corrected chi connectivity index (χ4v) is 3.18. The number of carbonyl (C=O) groups excluding carboxylic acids is 1. The molecule has 2 aromatic carbocycles. The quantitative estimate of drug-likeness (QED) is 0.472. The summed E-state index contributed by atoms with van der Waals surface area (Å²) in [6, 6.07) is 11.8. The Labute approximate surface area is 180 Å². The van der Waals surface area contributed by atoms with Gasteiger partial charge in [0.25, 0.3) is 0 Å². The summed E-state index contributed by atoms with van der Waals surface area (Å²) in [5, 5.41) is 0. The van der Waals surface area contributed by atoms with Gasteiger partial charge in [-0.05, 0) is 85.6 Å². The van der Waals surface area contributed by atoms with Gasteiger partial charge in [0.2, 0.25) is 0 Å². The van der Waals surface area contributed by atoms with Crippen molar-refractivity contribution in [3.05, 3.63) is 70.8 Å². The molecule has 0 amide bonds. The summed E-state index contributed by atoms with van der Waals surface area (Å²) in [5.74, 6) is 1.68. The number of hydrogen-bond acceptors (Lipinski definition) is 4. The number of carbonyl (C=O) groups is 1. The Morgan fingerprint density at radius 3 is 1.90 bits per heavy atom. The number of rotatable bonds is 11. The standard InChI is InChI=1S/C26H33NO3/c1-6-27(7-2)16-17-30-26-15-11-23(19-21(26)4)9-13-24(28)12-8-22-10-14-25(29-5)20(3)18-22/h8-15,18-19H,6-7,16-17H2,1-5H3/b12-8+,13-9+. The van der Waals surface area contributed by atoms with Crippen LogP contribution in [-0.2, 0) is 4.79 Å². The summed E-state index contributed by atoms with van der Waals surface area (Å²) in [7, 11) is 1.65. The number of benzene rings is 2. The lowest BCUT2D eigenvalue weighted by Gasteiger charge is -2.18. The van der Waals surface area contributed by atoms with E-state index in [1.807, 2.05) is 62.4 Å². The number of likely N-dealkylation sites (N-methyl/N-ethyl adjacent to an activating group) is 1. The molecule has 0 aliphatic heterocycles. The van der Waals surface area contributed by atoms with Crippen LogP contribution in [0.3, 0.4) is 0 Å². The van der Waals surface area contributed by atoms with Gasteiger partial charge in [0.05, 0.1) is 7.11 Å². The summed E-state index contributed by atoms with van der Waals surface area (Å²) >= 11 is 0. The van der Waals surface area contributed by atoms with Crippen molar-refractivity contribution < 1.29 is 14.3 Å². The first-order chi connectivity index (χ1) is 14.5. The van der Waals surface area contributed by atoms with Crippen LogP contribution in [0, 0.1) is 13.8 Å². The Bertz CT molecular complexity index is 895. The minimum Gasteiger partial charge on any atom is -0.496 e. The van der Waals surface area contributed by atoms with E-state index in [0.29, 0.717) is 6.61 Å². The van der Waals surface area contributed by atoms with Crippen molar-refractivity contribution in [2.75, 3.05) is 33.4 Å². The molecular formula is C26H33NO3. The highest BCUT2D eigenvalue weighted by molar-refractivity contribution is 6.04. The van der Waals surface area contributed by atoms with Crippen molar-refractivity contribution >= 4 is 17.9 Å². The molecule has 0 aliphatic carbocycles. The van der Waals surface area contributed by atoms with Crippen LogP contribution in [0.5, 0.6) is 11.5 Å². The molecule has 0 radical (unpaired) electrons. The number of allylic oxidation sites excluding steroid dienone is 2. The summed E-state index contributed by atoms with van der Waals surface area (Å²) in [5.41, 5.74) is 4.05. The third-order valence-corrected chi connectivity index (χ3v) is 5.06. The molecular weight excluding hydrogens is 374 g/mol. The average molecular weight is 408 g/mol. The van der Waals surface area contributed by atoms with Gasteiger partial charge >= 0.3 is 0 Å². The topological polar surface area (TPSA) is 38.8 Å². The van der Waals surface area contributed by atoms with Crippen molar-refractivity contribution in [2.45, 2.75) is 27.7 Å². The molecule has 0 aliphatic rings. The van der Waals surface area contributed by atoms with Crippen molar-refractivity contribution in [1.29, 1.82) is 0 Å². The Hall–Kier alpha value is -2.85. The molecule has 0 aromatic heterocycles. The van der Waals surface area contributed by atoms with Crippen LogP contribution in [0.1, 0.15) is 36.1 Å². The number of hydrogen-bond donors (Lipinski definition) is 0. The lowest BCUT2D eigenvalue weighted by Crippen LogP contribution is -2.28. The second kappa shape index (κ2) is 12.0. The zero-order valence-electron chi connectivity index (χ0n) is 18.8. The van der Waals surface area contributed by atoms with Gasteiger partial charge < -0.3 is 14.4 Å². The van der Waals surface area contributed by atoms with Crippen LogP contribution in [0.25, 0.3) is 12.2 Å². The maximum atomic E-state index is 12.2. The lowest BCUT2D eigenvalue weighted by atomic mass is 10.1. The summed E-state index contributed by atoms with van der Waals surface area (Å²) < 4.78 is 11.2. The van der Waals surface area contributed by atoms with E-state index in [9.17, 15) is 4.79 Å². The van der Waals surface area contributed by atoms with E-state index in [1.54, 1.807) is 19.3 Å². The molecule has 0 atom stereocenters. The monoisotopic (exact) mass is 407 g/mol. The number of aryl methyl sites for hydroxylation is 2. The van der Waals surface area contributed by atoms with E-state index >= 15 is 0 Å². The Morgan fingerprint density at radius 1 is 0.900 bits per heavy atom. The van der Waals surface area contributed by atoms with Crippen LogP contribution < -0.4 is 9.47 Å². The van der Waals surface area contributed by atoms with Gasteiger partial charge in [-0.1, -0.05) is 38.1 Å². The normalized spacial score (nSPS) is 11.5. The second-order valence-corrected chi connectivity index (χ2v) is 7.20. The van der Waals surface area contributed by atoms with E-state index in [1.165, 1.54) is 0 Å². The third kappa shape index (κ3) is 7.20. The SMILES string of the molecule is CCN(CC)CCOc1ccc(/C=C/C(=O)/C=C/c2ccc(OC)c(C)c2)cc1C. The zero-order valence-corrected chi connectivity index (χ0v) is 18.8. The molecule has 30 heavy (non-hydrogen) atoms. The van der Waals surface area contributed by atoms with E-state index < -0.39 is 0 Å². The van der Waals surface area contributed by atoms with Gasteiger partial charge in [-0.15, -0.1) is 0 Å². The second-order valence-electron chi connectivity index (χ2n) is 7.20. The van der Waals surface area contributed by atoms with Crippen LogP contribution in [-0.4, -0.2) is 44.0 Å². The lowest BCUT2D eigenvalue weighted by molar-refractivity contribution is -0.110. The zero-order chi connectivity index (χ0) is 21.9. The Kier molecular flexibility index (Phi) is 9.36. The van der Waals surface area contributed by atoms with E-state index in [-0.39, 0.29) is 5.78 Å². The number of nitrogens with zero attached hydrogens (tertiary/aromatic N) is 1. The highest BCUT2D eigenvalue weighted by Gasteiger charge is 2.03. The van der Waals surface area contributed by atoms with Crippen LogP contribution in [0.2, 0.25) is 0 Å². The molecule has 0 unspecified atom stereocenters.